The summed E-state index contributed by atoms with van der Waals surface area (Å²) < 4.78 is 10.5. The van der Waals surface area contributed by atoms with Gasteiger partial charge in [-0.15, -0.1) is 0 Å². The molecule has 1 saturated carbocycles. The molecule has 4 atom stereocenters. The van der Waals surface area contributed by atoms with E-state index in [9.17, 15) is 9.59 Å². The third-order valence-electron chi connectivity index (χ3n) is 6.51. The van der Waals surface area contributed by atoms with Crippen LogP contribution in [0.1, 0.15) is 63.5 Å². The zero-order chi connectivity index (χ0) is 18.7. The van der Waals surface area contributed by atoms with Crippen molar-refractivity contribution < 1.29 is 19.1 Å². The maximum atomic E-state index is 11.7. The summed E-state index contributed by atoms with van der Waals surface area (Å²) >= 11 is 0. The van der Waals surface area contributed by atoms with Gasteiger partial charge in [0.2, 0.25) is 0 Å². The Bertz CT molecular complexity index is 668. The van der Waals surface area contributed by atoms with Crippen LogP contribution in [0.2, 0.25) is 0 Å². The molecule has 4 nitrogen and oxygen atoms in total. The number of benzene rings is 1. The molecule has 26 heavy (non-hydrogen) atoms. The van der Waals surface area contributed by atoms with E-state index in [1.807, 2.05) is 6.07 Å². The quantitative estimate of drug-likeness (QED) is 0.562. The zero-order valence-corrected chi connectivity index (χ0v) is 16.1. The summed E-state index contributed by atoms with van der Waals surface area (Å²) in [6.07, 6.45) is 6.45. The molecule has 0 N–H and O–H groups in total. The minimum atomic E-state index is -0.337. The summed E-state index contributed by atoms with van der Waals surface area (Å²) in [5, 5.41) is 0. The number of rotatable bonds is 6. The van der Waals surface area contributed by atoms with E-state index in [1.165, 1.54) is 17.4 Å². The van der Waals surface area contributed by atoms with Gasteiger partial charge in [-0.25, -0.2) is 4.79 Å². The number of aryl methyl sites for hydroxylation is 1. The number of fused-ring (bicyclic) bond motifs is 3. The monoisotopic (exact) mass is 358 g/mol. The Kier molecular flexibility index (Phi) is 5.69. The highest BCUT2D eigenvalue weighted by atomic mass is 16.6. The molecular weight excluding hydrogens is 328 g/mol. The van der Waals surface area contributed by atoms with Crippen molar-refractivity contribution in [3.63, 3.8) is 0 Å². The lowest BCUT2D eigenvalue weighted by Gasteiger charge is -2.49. The molecule has 0 radical (unpaired) electrons. The van der Waals surface area contributed by atoms with Crippen LogP contribution in [0.15, 0.2) is 18.2 Å². The van der Waals surface area contributed by atoms with E-state index in [0.717, 1.165) is 37.9 Å². The van der Waals surface area contributed by atoms with Gasteiger partial charge in [0.05, 0.1) is 6.61 Å². The van der Waals surface area contributed by atoms with Crippen LogP contribution in [-0.4, -0.2) is 25.5 Å². The standard InChI is InChI=1S/C22H30O4/c1-4-20-19-8-6-15-12-16(26-13-21(24)25-5-2)7-9-17(15)18(19)10-11-22(20,3)14-23/h7,9,12,14,18-20H,4-6,8,10-11,13H2,1-3H3/t18?,19?,20?,22-/m1/s1. The molecule has 0 bridgehead atoms. The van der Waals surface area contributed by atoms with E-state index in [1.54, 1.807) is 6.92 Å². The van der Waals surface area contributed by atoms with Crippen molar-refractivity contribution in [2.24, 2.45) is 17.3 Å². The summed E-state index contributed by atoms with van der Waals surface area (Å²) in [6, 6.07) is 6.22. The van der Waals surface area contributed by atoms with Gasteiger partial charge >= 0.3 is 5.97 Å². The van der Waals surface area contributed by atoms with Crippen LogP contribution in [0.4, 0.5) is 0 Å². The van der Waals surface area contributed by atoms with Crippen molar-refractivity contribution in [3.05, 3.63) is 29.3 Å². The van der Waals surface area contributed by atoms with Crippen LogP contribution in [0.3, 0.4) is 0 Å². The summed E-state index contributed by atoms with van der Waals surface area (Å²) in [5.74, 6) is 1.98. The number of carbonyl (C=O) groups is 2. The Hall–Kier alpha value is -1.84. The second-order valence-corrected chi connectivity index (χ2v) is 7.94. The van der Waals surface area contributed by atoms with Crippen molar-refractivity contribution in [3.8, 4) is 5.75 Å². The molecule has 2 aliphatic carbocycles. The van der Waals surface area contributed by atoms with Gasteiger partial charge < -0.3 is 14.3 Å². The predicted molar refractivity (Wildman–Crippen MR) is 100 cm³/mol. The number of hydrogen-bond donors (Lipinski definition) is 0. The van der Waals surface area contributed by atoms with Gasteiger partial charge in [0.15, 0.2) is 6.61 Å². The molecule has 0 spiro atoms. The normalized spacial score (nSPS) is 30.0. The van der Waals surface area contributed by atoms with E-state index in [2.05, 4.69) is 26.0 Å². The van der Waals surface area contributed by atoms with Crippen LogP contribution in [-0.2, 0) is 20.7 Å². The number of esters is 1. The fourth-order valence-electron chi connectivity index (χ4n) is 5.26. The molecular formula is C22H30O4. The summed E-state index contributed by atoms with van der Waals surface area (Å²) in [7, 11) is 0. The molecule has 0 amide bonds. The Morgan fingerprint density at radius 1 is 1.31 bits per heavy atom. The van der Waals surface area contributed by atoms with Crippen LogP contribution in [0, 0.1) is 17.3 Å². The maximum absolute atomic E-state index is 11.7. The van der Waals surface area contributed by atoms with E-state index < -0.39 is 0 Å². The average Bonchev–Trinajstić information content (AvgIpc) is 2.66. The zero-order valence-electron chi connectivity index (χ0n) is 16.1. The van der Waals surface area contributed by atoms with Gasteiger partial charge in [-0.1, -0.05) is 26.3 Å². The molecule has 1 fully saturated rings. The largest absolute Gasteiger partial charge is 0.482 e. The van der Waals surface area contributed by atoms with Gasteiger partial charge in [-0.05, 0) is 73.6 Å². The Morgan fingerprint density at radius 2 is 2.12 bits per heavy atom. The molecule has 0 heterocycles. The van der Waals surface area contributed by atoms with Gasteiger partial charge in [0, 0.05) is 5.41 Å². The van der Waals surface area contributed by atoms with Crippen LogP contribution in [0.25, 0.3) is 0 Å². The first-order chi connectivity index (χ1) is 12.5. The molecule has 2 aliphatic rings. The fraction of sp³-hybridized carbons (Fsp3) is 0.636. The highest BCUT2D eigenvalue weighted by molar-refractivity contribution is 5.71. The minimum absolute atomic E-state index is 0.0473. The Labute approximate surface area is 156 Å². The second kappa shape index (κ2) is 7.81. The van der Waals surface area contributed by atoms with Crippen molar-refractivity contribution in [1.82, 2.24) is 0 Å². The molecule has 1 aromatic rings. The number of hydrogen-bond acceptors (Lipinski definition) is 4. The molecule has 142 valence electrons. The highest BCUT2D eigenvalue weighted by Crippen LogP contribution is 2.55. The van der Waals surface area contributed by atoms with Crippen molar-refractivity contribution in [1.29, 1.82) is 0 Å². The van der Waals surface area contributed by atoms with E-state index in [-0.39, 0.29) is 18.0 Å². The summed E-state index contributed by atoms with van der Waals surface area (Å²) in [6.45, 7) is 6.47. The first-order valence-electron chi connectivity index (χ1n) is 9.90. The topological polar surface area (TPSA) is 52.6 Å². The van der Waals surface area contributed by atoms with Crippen molar-refractivity contribution >= 4 is 12.3 Å². The molecule has 0 aliphatic heterocycles. The summed E-state index contributed by atoms with van der Waals surface area (Å²) in [5.41, 5.74) is 2.57. The lowest BCUT2D eigenvalue weighted by atomic mass is 9.54. The number of carbonyl (C=O) groups excluding carboxylic acids is 2. The average molecular weight is 358 g/mol. The Balaban J connectivity index is 1.76. The number of ether oxygens (including phenoxy) is 2. The number of aldehydes is 1. The van der Waals surface area contributed by atoms with E-state index in [0.29, 0.717) is 24.4 Å². The smallest absolute Gasteiger partial charge is 0.344 e. The molecule has 1 aromatic carbocycles. The van der Waals surface area contributed by atoms with Crippen molar-refractivity contribution in [2.75, 3.05) is 13.2 Å². The third kappa shape index (κ3) is 3.51. The fourth-order valence-corrected chi connectivity index (χ4v) is 5.26. The second-order valence-electron chi connectivity index (χ2n) is 7.94. The maximum Gasteiger partial charge on any atom is 0.344 e. The first kappa shape index (κ1) is 18.9. The lowest BCUT2D eigenvalue weighted by molar-refractivity contribution is -0.145. The molecule has 3 rings (SSSR count). The van der Waals surface area contributed by atoms with Crippen LogP contribution >= 0.6 is 0 Å². The van der Waals surface area contributed by atoms with Gasteiger partial charge in [-0.2, -0.15) is 0 Å². The van der Waals surface area contributed by atoms with Gasteiger partial charge in [-0.3, -0.25) is 0 Å². The molecule has 0 aromatic heterocycles. The molecule has 0 saturated heterocycles. The Morgan fingerprint density at radius 3 is 2.81 bits per heavy atom. The van der Waals surface area contributed by atoms with Crippen LogP contribution < -0.4 is 4.74 Å². The van der Waals surface area contributed by atoms with Gasteiger partial charge in [0.1, 0.15) is 12.0 Å². The first-order valence-corrected chi connectivity index (χ1v) is 9.90. The van der Waals surface area contributed by atoms with Crippen molar-refractivity contribution in [2.45, 2.75) is 58.8 Å². The van der Waals surface area contributed by atoms with Gasteiger partial charge in [0.25, 0.3) is 0 Å². The third-order valence-corrected chi connectivity index (χ3v) is 6.51. The molecule has 4 heteroatoms. The summed E-state index contributed by atoms with van der Waals surface area (Å²) in [4.78, 5) is 23.2. The SMILES string of the molecule is CCOC(=O)COc1ccc2c(c1)CCC1C2CC[C@](C)(C=O)C1CC. The minimum Gasteiger partial charge on any atom is -0.482 e. The lowest BCUT2D eigenvalue weighted by Crippen LogP contribution is -2.43. The molecule has 3 unspecified atom stereocenters. The van der Waals surface area contributed by atoms with Crippen LogP contribution in [0.5, 0.6) is 5.75 Å². The van der Waals surface area contributed by atoms with E-state index in [4.69, 9.17) is 9.47 Å². The highest BCUT2D eigenvalue weighted by Gasteiger charge is 2.47. The predicted octanol–water partition coefficient (Wildman–Crippen LogP) is 4.30. The van der Waals surface area contributed by atoms with E-state index >= 15 is 0 Å².